The van der Waals surface area contributed by atoms with Crippen molar-refractivity contribution < 1.29 is 14.3 Å². The lowest BCUT2D eigenvalue weighted by atomic mass is 10.1. The first-order valence-electron chi connectivity index (χ1n) is 8.47. The zero-order valence-electron chi connectivity index (χ0n) is 14.9. The zero-order valence-corrected chi connectivity index (χ0v) is 14.9. The van der Waals surface area contributed by atoms with Crippen molar-refractivity contribution in [2.75, 3.05) is 26.2 Å². The third-order valence-electron chi connectivity index (χ3n) is 3.77. The monoisotopic (exact) mass is 328 g/mol. The highest BCUT2D eigenvalue weighted by atomic mass is 16.6. The Labute approximate surface area is 139 Å². The number of carbonyl (C=O) groups is 2. The van der Waals surface area contributed by atoms with Crippen LogP contribution < -0.4 is 16.4 Å². The number of hydrogen-bond donors (Lipinski definition) is 3. The number of nitrogens with zero attached hydrogens (tertiary/aromatic N) is 1. The molecule has 2 atom stereocenters. The molecule has 0 aromatic heterocycles. The third kappa shape index (κ3) is 7.65. The quantitative estimate of drug-likeness (QED) is 0.643. The minimum Gasteiger partial charge on any atom is -0.444 e. The first kappa shape index (κ1) is 19.7. The number of likely N-dealkylation sites (tertiary alicyclic amines) is 1. The summed E-state index contributed by atoms with van der Waals surface area (Å²) in [6.07, 6.45) is 1.54. The Morgan fingerprint density at radius 2 is 2.09 bits per heavy atom. The van der Waals surface area contributed by atoms with E-state index in [9.17, 15) is 9.59 Å². The van der Waals surface area contributed by atoms with Crippen LogP contribution in [0.4, 0.5) is 4.79 Å². The van der Waals surface area contributed by atoms with Gasteiger partial charge < -0.3 is 26.0 Å². The van der Waals surface area contributed by atoms with Crippen LogP contribution in [-0.2, 0) is 9.53 Å². The molecular weight excluding hydrogens is 296 g/mol. The minimum absolute atomic E-state index is 0.142. The second kappa shape index (κ2) is 9.08. The number of carbonyl (C=O) groups excluding carboxylic acids is 2. The van der Waals surface area contributed by atoms with Crippen LogP contribution in [0.5, 0.6) is 0 Å². The summed E-state index contributed by atoms with van der Waals surface area (Å²) in [4.78, 5) is 26.7. The maximum atomic E-state index is 12.5. The maximum Gasteiger partial charge on any atom is 0.408 e. The molecule has 0 bridgehead atoms. The average Bonchev–Trinajstić information content (AvgIpc) is 2.88. The van der Waals surface area contributed by atoms with E-state index in [1.807, 2.05) is 0 Å². The van der Waals surface area contributed by atoms with Crippen molar-refractivity contribution in [3.8, 4) is 0 Å². The van der Waals surface area contributed by atoms with E-state index < -0.39 is 17.7 Å². The van der Waals surface area contributed by atoms with Crippen molar-refractivity contribution >= 4 is 12.0 Å². The Bertz CT molecular complexity index is 395. The summed E-state index contributed by atoms with van der Waals surface area (Å²) in [5.74, 6) is -0.160. The summed E-state index contributed by atoms with van der Waals surface area (Å²) in [7, 11) is 0. The fourth-order valence-corrected chi connectivity index (χ4v) is 2.58. The molecule has 1 rings (SSSR count). The fraction of sp³-hybridized carbons (Fsp3) is 0.875. The van der Waals surface area contributed by atoms with E-state index in [2.05, 4.69) is 22.5 Å². The SMILES string of the molecule is CCN1CC[C@@H](NC(=O)[C@H](CCCN)NC(=O)OC(C)(C)C)C1. The second-order valence-electron chi connectivity index (χ2n) is 7.02. The van der Waals surface area contributed by atoms with Crippen LogP contribution >= 0.6 is 0 Å². The molecule has 1 aliphatic rings. The highest BCUT2D eigenvalue weighted by Crippen LogP contribution is 2.10. The summed E-state index contributed by atoms with van der Waals surface area (Å²) < 4.78 is 5.23. The number of amides is 2. The van der Waals surface area contributed by atoms with Crippen molar-refractivity contribution in [1.82, 2.24) is 15.5 Å². The van der Waals surface area contributed by atoms with Gasteiger partial charge in [-0.2, -0.15) is 0 Å². The molecule has 1 saturated heterocycles. The van der Waals surface area contributed by atoms with Gasteiger partial charge in [0.1, 0.15) is 11.6 Å². The Balaban J connectivity index is 2.55. The summed E-state index contributed by atoms with van der Waals surface area (Å²) in [6.45, 7) is 10.8. The summed E-state index contributed by atoms with van der Waals surface area (Å²) in [6, 6.07) is -0.465. The largest absolute Gasteiger partial charge is 0.444 e. The van der Waals surface area contributed by atoms with E-state index >= 15 is 0 Å². The van der Waals surface area contributed by atoms with Gasteiger partial charge in [0.15, 0.2) is 0 Å². The van der Waals surface area contributed by atoms with Gasteiger partial charge in [0.25, 0.3) is 0 Å². The van der Waals surface area contributed by atoms with E-state index in [1.54, 1.807) is 20.8 Å². The van der Waals surface area contributed by atoms with E-state index in [1.165, 1.54) is 0 Å². The smallest absolute Gasteiger partial charge is 0.408 e. The molecule has 0 aromatic rings. The van der Waals surface area contributed by atoms with Crippen molar-refractivity contribution in [3.05, 3.63) is 0 Å². The Hall–Kier alpha value is -1.34. The summed E-state index contributed by atoms with van der Waals surface area (Å²) in [5, 5.41) is 5.69. The minimum atomic E-state index is -0.607. The number of hydrogen-bond acceptors (Lipinski definition) is 5. The van der Waals surface area contributed by atoms with E-state index in [4.69, 9.17) is 10.5 Å². The van der Waals surface area contributed by atoms with E-state index in [-0.39, 0.29) is 11.9 Å². The van der Waals surface area contributed by atoms with Crippen molar-refractivity contribution in [1.29, 1.82) is 0 Å². The predicted octanol–water partition coefficient (Wildman–Crippen LogP) is 0.829. The highest BCUT2D eigenvalue weighted by molar-refractivity contribution is 5.85. The van der Waals surface area contributed by atoms with Gasteiger partial charge >= 0.3 is 6.09 Å². The lowest BCUT2D eigenvalue weighted by Crippen LogP contribution is -2.51. The van der Waals surface area contributed by atoms with Gasteiger partial charge in [0, 0.05) is 19.1 Å². The van der Waals surface area contributed by atoms with Crippen LogP contribution in [0.25, 0.3) is 0 Å². The molecule has 23 heavy (non-hydrogen) atoms. The average molecular weight is 328 g/mol. The molecule has 0 unspecified atom stereocenters. The normalized spacial score (nSPS) is 20.1. The molecule has 7 heteroatoms. The molecule has 0 aliphatic carbocycles. The van der Waals surface area contributed by atoms with Crippen LogP contribution in [0.1, 0.15) is 47.0 Å². The fourth-order valence-electron chi connectivity index (χ4n) is 2.58. The van der Waals surface area contributed by atoms with Gasteiger partial charge in [-0.05, 0) is 53.1 Å². The van der Waals surface area contributed by atoms with Gasteiger partial charge in [-0.1, -0.05) is 6.92 Å². The molecule has 134 valence electrons. The standard InChI is InChI=1S/C16H32N4O3/c1-5-20-10-8-12(11-20)18-14(21)13(7-6-9-17)19-15(22)23-16(2,3)4/h12-13H,5-11,17H2,1-4H3,(H,18,21)(H,19,22)/t12-,13+/m1/s1. The van der Waals surface area contributed by atoms with Gasteiger partial charge in [0.2, 0.25) is 5.91 Å². The van der Waals surface area contributed by atoms with Gasteiger partial charge in [-0.15, -0.1) is 0 Å². The van der Waals surface area contributed by atoms with Crippen LogP contribution in [0.15, 0.2) is 0 Å². The number of alkyl carbamates (subject to hydrolysis) is 1. The number of nitrogens with one attached hydrogen (secondary N) is 2. The Kier molecular flexibility index (Phi) is 7.78. The molecular formula is C16H32N4O3. The molecule has 1 fully saturated rings. The van der Waals surface area contributed by atoms with Crippen LogP contribution in [0, 0.1) is 0 Å². The highest BCUT2D eigenvalue weighted by Gasteiger charge is 2.28. The third-order valence-corrected chi connectivity index (χ3v) is 3.77. The molecule has 4 N–H and O–H groups in total. The lowest BCUT2D eigenvalue weighted by molar-refractivity contribution is -0.124. The lowest BCUT2D eigenvalue weighted by Gasteiger charge is -2.24. The summed E-state index contributed by atoms with van der Waals surface area (Å²) >= 11 is 0. The van der Waals surface area contributed by atoms with Gasteiger partial charge in [-0.3, -0.25) is 4.79 Å². The first-order chi connectivity index (χ1) is 10.7. The van der Waals surface area contributed by atoms with Gasteiger partial charge in [0.05, 0.1) is 0 Å². The molecule has 1 aliphatic heterocycles. The van der Waals surface area contributed by atoms with Crippen LogP contribution in [0.2, 0.25) is 0 Å². The van der Waals surface area contributed by atoms with Gasteiger partial charge in [-0.25, -0.2) is 4.79 Å². The molecule has 0 aromatic carbocycles. The van der Waals surface area contributed by atoms with Crippen molar-refractivity contribution in [2.24, 2.45) is 5.73 Å². The second-order valence-corrected chi connectivity index (χ2v) is 7.02. The first-order valence-corrected chi connectivity index (χ1v) is 8.47. The number of rotatable bonds is 7. The molecule has 1 heterocycles. The van der Waals surface area contributed by atoms with Crippen LogP contribution in [-0.4, -0.2) is 60.8 Å². The van der Waals surface area contributed by atoms with E-state index in [0.717, 1.165) is 26.1 Å². The molecule has 0 radical (unpaired) electrons. The van der Waals surface area contributed by atoms with E-state index in [0.29, 0.717) is 19.4 Å². The molecule has 0 saturated carbocycles. The summed E-state index contributed by atoms with van der Waals surface area (Å²) in [5.41, 5.74) is 4.94. The van der Waals surface area contributed by atoms with Crippen molar-refractivity contribution in [2.45, 2.75) is 64.6 Å². The predicted molar refractivity (Wildman–Crippen MR) is 90.1 cm³/mol. The molecule has 2 amide bonds. The molecule has 0 spiro atoms. The zero-order chi connectivity index (χ0) is 17.5. The number of nitrogens with two attached hydrogens (primary N) is 1. The topological polar surface area (TPSA) is 96.7 Å². The number of ether oxygens (including phenoxy) is 1. The van der Waals surface area contributed by atoms with Crippen molar-refractivity contribution in [3.63, 3.8) is 0 Å². The Morgan fingerprint density at radius 1 is 1.39 bits per heavy atom. The Morgan fingerprint density at radius 3 is 2.61 bits per heavy atom. The molecule has 7 nitrogen and oxygen atoms in total. The maximum absolute atomic E-state index is 12.5. The number of likely N-dealkylation sites (N-methyl/N-ethyl adjacent to an activating group) is 1. The van der Waals surface area contributed by atoms with Crippen LogP contribution in [0.3, 0.4) is 0 Å².